The van der Waals surface area contributed by atoms with Crippen LogP contribution >= 0.6 is 11.6 Å². The van der Waals surface area contributed by atoms with Crippen LogP contribution in [0, 0.1) is 6.92 Å². The largest absolute Gasteiger partial charge is 0.394 e. The van der Waals surface area contributed by atoms with E-state index in [1.165, 1.54) is 0 Å². The van der Waals surface area contributed by atoms with Crippen molar-refractivity contribution >= 4 is 17.4 Å². The lowest BCUT2D eigenvalue weighted by molar-refractivity contribution is -0.146. The monoisotopic (exact) mass is 318 g/mol. The van der Waals surface area contributed by atoms with Gasteiger partial charge in [-0.05, 0) is 24.1 Å². The molecule has 5 N–H and O–H groups in total. The Bertz CT molecular complexity index is 492. The molecule has 0 radical (unpaired) electrons. The molecule has 1 rings (SSSR count). The van der Waals surface area contributed by atoms with Gasteiger partial charge in [0.05, 0.1) is 6.61 Å². The molecule has 1 aromatic carbocycles. The lowest BCUT2D eigenvalue weighted by atomic mass is 9.96. The van der Waals surface area contributed by atoms with Gasteiger partial charge >= 0.3 is 0 Å². The SMILES string of the molecule is Cc1ccc(CC(=O)[C@H](O)[C@@H](O)[C@H](O)[C@H](O)CO)cc1Cl. The molecule has 118 valence electrons. The highest BCUT2D eigenvalue weighted by Crippen LogP contribution is 2.18. The van der Waals surface area contributed by atoms with E-state index in [1.807, 2.05) is 0 Å². The van der Waals surface area contributed by atoms with Crippen molar-refractivity contribution in [1.82, 2.24) is 0 Å². The summed E-state index contributed by atoms with van der Waals surface area (Å²) in [7, 11) is 0. The van der Waals surface area contributed by atoms with E-state index in [-0.39, 0.29) is 6.42 Å². The fourth-order valence-electron chi connectivity index (χ4n) is 1.76. The van der Waals surface area contributed by atoms with Crippen LogP contribution in [0.3, 0.4) is 0 Å². The maximum atomic E-state index is 11.9. The van der Waals surface area contributed by atoms with E-state index in [2.05, 4.69) is 0 Å². The Morgan fingerprint density at radius 3 is 2.33 bits per heavy atom. The van der Waals surface area contributed by atoms with Crippen LogP contribution in [0.15, 0.2) is 18.2 Å². The molecule has 0 aromatic heterocycles. The molecule has 0 spiro atoms. The third-order valence-electron chi connectivity index (χ3n) is 3.20. The second kappa shape index (κ2) is 7.84. The number of carbonyl (C=O) groups is 1. The summed E-state index contributed by atoms with van der Waals surface area (Å²) in [4.78, 5) is 11.9. The first-order valence-electron chi connectivity index (χ1n) is 6.38. The van der Waals surface area contributed by atoms with Gasteiger partial charge in [-0.25, -0.2) is 0 Å². The standard InChI is InChI=1S/C14H19ClO6/c1-7-2-3-8(4-9(7)15)5-10(17)12(19)14(21)13(20)11(18)6-16/h2-4,11-14,16,18-21H,5-6H2,1H3/t11-,12+,13-,14-/m1/s1. The predicted octanol–water partition coefficient (Wildman–Crippen LogP) is -0.804. The summed E-state index contributed by atoms with van der Waals surface area (Å²) in [5, 5.41) is 47.1. The van der Waals surface area contributed by atoms with Crippen molar-refractivity contribution in [1.29, 1.82) is 0 Å². The quantitative estimate of drug-likeness (QED) is 0.449. The van der Waals surface area contributed by atoms with E-state index in [4.69, 9.17) is 16.7 Å². The number of aliphatic hydroxyl groups excluding tert-OH is 5. The molecule has 21 heavy (non-hydrogen) atoms. The van der Waals surface area contributed by atoms with Gasteiger partial charge in [0.2, 0.25) is 0 Å². The fourth-order valence-corrected chi connectivity index (χ4v) is 1.97. The van der Waals surface area contributed by atoms with Gasteiger partial charge in [0.15, 0.2) is 5.78 Å². The van der Waals surface area contributed by atoms with Gasteiger partial charge < -0.3 is 25.5 Å². The summed E-state index contributed by atoms with van der Waals surface area (Å²) in [5.74, 6) is -0.730. The molecule has 1 aromatic rings. The van der Waals surface area contributed by atoms with Crippen LogP contribution in [0.5, 0.6) is 0 Å². The average molecular weight is 319 g/mol. The third kappa shape index (κ3) is 4.74. The predicted molar refractivity (Wildman–Crippen MR) is 76.0 cm³/mol. The summed E-state index contributed by atoms with van der Waals surface area (Å²) in [6.07, 6.45) is -7.41. The zero-order chi connectivity index (χ0) is 16.2. The summed E-state index contributed by atoms with van der Waals surface area (Å²) < 4.78 is 0. The number of Topliss-reactive ketones (excluding diaryl/α,β-unsaturated/α-hetero) is 1. The highest BCUT2D eigenvalue weighted by atomic mass is 35.5. The molecule has 0 aliphatic heterocycles. The zero-order valence-electron chi connectivity index (χ0n) is 11.5. The van der Waals surface area contributed by atoms with Gasteiger partial charge in [0, 0.05) is 11.4 Å². The van der Waals surface area contributed by atoms with E-state index < -0.39 is 36.8 Å². The maximum absolute atomic E-state index is 11.9. The molecule has 0 fully saturated rings. The zero-order valence-corrected chi connectivity index (χ0v) is 12.2. The number of hydrogen-bond acceptors (Lipinski definition) is 6. The van der Waals surface area contributed by atoms with Crippen molar-refractivity contribution in [2.45, 2.75) is 37.8 Å². The minimum Gasteiger partial charge on any atom is -0.394 e. The molecule has 7 heteroatoms. The fraction of sp³-hybridized carbons (Fsp3) is 0.500. The third-order valence-corrected chi connectivity index (χ3v) is 3.61. The van der Waals surface area contributed by atoms with E-state index >= 15 is 0 Å². The average Bonchev–Trinajstić information content (AvgIpc) is 2.47. The number of hydrogen-bond donors (Lipinski definition) is 5. The Morgan fingerprint density at radius 2 is 1.81 bits per heavy atom. The van der Waals surface area contributed by atoms with Crippen LogP contribution in [0.4, 0.5) is 0 Å². The van der Waals surface area contributed by atoms with Crippen molar-refractivity contribution in [3.8, 4) is 0 Å². The molecule has 0 saturated carbocycles. The van der Waals surface area contributed by atoms with Crippen molar-refractivity contribution in [3.05, 3.63) is 34.3 Å². The second-order valence-corrected chi connectivity index (χ2v) is 5.31. The normalized spacial score (nSPS) is 17.1. The topological polar surface area (TPSA) is 118 Å². The Hall–Kier alpha value is -1.02. The first kappa shape index (κ1) is 18.0. The number of rotatable bonds is 7. The Labute approximate surface area is 127 Å². The molecular formula is C14H19ClO6. The summed E-state index contributed by atoms with van der Waals surface area (Å²) in [6, 6.07) is 4.96. The van der Waals surface area contributed by atoms with Gasteiger partial charge in [-0.3, -0.25) is 4.79 Å². The van der Waals surface area contributed by atoms with E-state index in [9.17, 15) is 25.2 Å². The molecule has 0 amide bonds. The van der Waals surface area contributed by atoms with Crippen molar-refractivity contribution in [2.75, 3.05) is 6.61 Å². The molecule has 4 atom stereocenters. The lowest BCUT2D eigenvalue weighted by Crippen LogP contribution is -2.49. The lowest BCUT2D eigenvalue weighted by Gasteiger charge is -2.24. The Balaban J connectivity index is 2.71. The number of aliphatic hydroxyl groups is 5. The molecule has 0 aliphatic rings. The van der Waals surface area contributed by atoms with E-state index in [0.29, 0.717) is 10.6 Å². The van der Waals surface area contributed by atoms with Crippen molar-refractivity contribution in [3.63, 3.8) is 0 Å². The number of benzene rings is 1. The molecule has 0 saturated heterocycles. The van der Waals surface area contributed by atoms with Gasteiger partial charge in [-0.1, -0.05) is 23.7 Å². The molecule has 0 heterocycles. The number of halogens is 1. The van der Waals surface area contributed by atoms with Gasteiger partial charge in [0.25, 0.3) is 0 Å². The molecule has 0 unspecified atom stereocenters. The molecule has 0 bridgehead atoms. The van der Waals surface area contributed by atoms with Gasteiger partial charge in [0.1, 0.15) is 24.4 Å². The summed E-state index contributed by atoms with van der Waals surface area (Å²) in [6.45, 7) is 1.01. The first-order valence-corrected chi connectivity index (χ1v) is 6.76. The number of ketones is 1. The van der Waals surface area contributed by atoms with Crippen LogP contribution < -0.4 is 0 Å². The minimum atomic E-state index is -1.89. The van der Waals surface area contributed by atoms with Gasteiger partial charge in [-0.15, -0.1) is 0 Å². The van der Waals surface area contributed by atoms with Crippen LogP contribution in [-0.4, -0.2) is 62.3 Å². The molecule has 6 nitrogen and oxygen atoms in total. The van der Waals surface area contributed by atoms with Crippen LogP contribution in [0.1, 0.15) is 11.1 Å². The summed E-state index contributed by atoms with van der Waals surface area (Å²) in [5.41, 5.74) is 1.40. The maximum Gasteiger partial charge on any atom is 0.168 e. The Kier molecular flexibility index (Phi) is 6.73. The van der Waals surface area contributed by atoms with Crippen LogP contribution in [0.25, 0.3) is 0 Å². The minimum absolute atomic E-state index is 0.180. The van der Waals surface area contributed by atoms with Crippen molar-refractivity contribution in [2.24, 2.45) is 0 Å². The number of aryl methyl sites for hydroxylation is 1. The molecular weight excluding hydrogens is 300 g/mol. The first-order chi connectivity index (χ1) is 9.77. The van der Waals surface area contributed by atoms with Crippen molar-refractivity contribution < 1.29 is 30.3 Å². The van der Waals surface area contributed by atoms with Crippen LogP contribution in [-0.2, 0) is 11.2 Å². The highest BCUT2D eigenvalue weighted by molar-refractivity contribution is 6.31. The smallest absolute Gasteiger partial charge is 0.168 e. The molecule has 0 aliphatic carbocycles. The highest BCUT2D eigenvalue weighted by Gasteiger charge is 2.33. The van der Waals surface area contributed by atoms with Gasteiger partial charge in [-0.2, -0.15) is 0 Å². The Morgan fingerprint density at radius 1 is 1.19 bits per heavy atom. The van der Waals surface area contributed by atoms with E-state index in [0.717, 1.165) is 5.56 Å². The number of carbonyl (C=O) groups excluding carboxylic acids is 1. The van der Waals surface area contributed by atoms with Crippen LogP contribution in [0.2, 0.25) is 5.02 Å². The summed E-state index contributed by atoms with van der Waals surface area (Å²) >= 11 is 5.93. The second-order valence-electron chi connectivity index (χ2n) is 4.90. The van der Waals surface area contributed by atoms with E-state index in [1.54, 1.807) is 25.1 Å².